The molecule has 38 heavy (non-hydrogen) atoms. The molecule has 2 nitrogen and oxygen atoms in total. The molecule has 1 saturated carbocycles. The number of halogens is 4. The van der Waals surface area contributed by atoms with Gasteiger partial charge in [0.2, 0.25) is 0 Å². The normalized spacial score (nSPS) is 26.1. The number of alkyl halides is 2. The SMILES string of the molecule is C=C1C(CCC(CC)C2CC(C)(C)C2(F)F)=C(CC)N=[C]([Hg])N1C(c1ccc(F)cc1)C1C=CC(F)=CC1. The van der Waals surface area contributed by atoms with E-state index in [0.29, 0.717) is 32.1 Å². The first-order valence-corrected chi connectivity index (χ1v) is 16.4. The summed E-state index contributed by atoms with van der Waals surface area (Å²) in [5.41, 5.74) is 2.82. The van der Waals surface area contributed by atoms with Gasteiger partial charge in [-0.25, -0.2) is 0 Å². The van der Waals surface area contributed by atoms with E-state index in [1.807, 2.05) is 13.0 Å². The summed E-state index contributed by atoms with van der Waals surface area (Å²) in [5, 5.41) is 0. The maximum atomic E-state index is 15.0. The van der Waals surface area contributed by atoms with Gasteiger partial charge in [-0.05, 0) is 0 Å². The second-order valence-electron chi connectivity index (χ2n) is 11.5. The predicted molar refractivity (Wildman–Crippen MR) is 141 cm³/mol. The Balaban J connectivity index is 1.63. The fourth-order valence-electron chi connectivity index (χ4n) is 6.41. The van der Waals surface area contributed by atoms with Crippen LogP contribution in [0.5, 0.6) is 0 Å². The molecule has 1 heterocycles. The number of benzene rings is 1. The van der Waals surface area contributed by atoms with Crippen LogP contribution in [-0.2, 0) is 26.1 Å². The summed E-state index contributed by atoms with van der Waals surface area (Å²) in [7, 11) is 0. The zero-order valence-electron chi connectivity index (χ0n) is 22.9. The summed E-state index contributed by atoms with van der Waals surface area (Å²) in [6.45, 7) is 11.9. The summed E-state index contributed by atoms with van der Waals surface area (Å²) in [5.74, 6) is -3.93. The van der Waals surface area contributed by atoms with Crippen molar-refractivity contribution in [2.75, 3.05) is 0 Å². The number of allylic oxidation sites excluding steroid dienone is 5. The Kier molecular flexibility index (Phi) is 8.81. The summed E-state index contributed by atoms with van der Waals surface area (Å²) in [4.78, 5) is 7.20. The van der Waals surface area contributed by atoms with Crippen LogP contribution in [-0.4, -0.2) is 14.2 Å². The van der Waals surface area contributed by atoms with Crippen LogP contribution in [0.3, 0.4) is 0 Å². The molecule has 1 fully saturated rings. The van der Waals surface area contributed by atoms with Gasteiger partial charge < -0.3 is 0 Å². The molecule has 0 radical (unpaired) electrons. The molecule has 3 aliphatic rings. The molecular weight excluding hydrogens is 677 g/mol. The summed E-state index contributed by atoms with van der Waals surface area (Å²) >= 11 is 0.150. The van der Waals surface area contributed by atoms with E-state index in [2.05, 4.69) is 18.4 Å². The van der Waals surface area contributed by atoms with Gasteiger partial charge in [-0.1, -0.05) is 0 Å². The fraction of sp³-hybridized carbons (Fsp3) is 0.516. The van der Waals surface area contributed by atoms with E-state index in [4.69, 9.17) is 4.99 Å². The van der Waals surface area contributed by atoms with Gasteiger partial charge in [-0.2, -0.15) is 0 Å². The standard InChI is InChI=1S/C31H37F4N2.Hg/c1-6-21(27-18-30(4,5)31(27,34)35)12-17-26-20(3)37(19-36-28(26)7-2)29(22-8-13-24(32)14-9-22)23-10-15-25(33)16-11-23;/h8-10,13-16,21,23,27,29H,3,6-7,11-12,17-18H2,1-2,4-5H3;. The van der Waals surface area contributed by atoms with E-state index in [9.17, 15) is 17.6 Å². The molecule has 0 saturated heterocycles. The Bertz CT molecular complexity index is 1180. The van der Waals surface area contributed by atoms with Gasteiger partial charge in [-0.3, -0.25) is 0 Å². The zero-order valence-corrected chi connectivity index (χ0v) is 28.4. The minimum absolute atomic E-state index is 0.0471. The first kappa shape index (κ1) is 29.3. The number of amidine groups is 1. The molecule has 1 aliphatic heterocycles. The monoisotopic (exact) mass is 715 g/mol. The Morgan fingerprint density at radius 2 is 1.84 bits per heavy atom. The predicted octanol–water partition coefficient (Wildman–Crippen LogP) is 9.18. The van der Waals surface area contributed by atoms with E-state index >= 15 is 0 Å². The van der Waals surface area contributed by atoms with Crippen LogP contribution >= 0.6 is 0 Å². The molecule has 0 bridgehead atoms. The fourth-order valence-corrected chi connectivity index (χ4v) is 8.66. The maximum absolute atomic E-state index is 15.0. The van der Waals surface area contributed by atoms with Crippen LogP contribution in [0.2, 0.25) is 0 Å². The molecule has 1 aromatic carbocycles. The van der Waals surface area contributed by atoms with Crippen molar-refractivity contribution in [3.63, 3.8) is 0 Å². The summed E-state index contributed by atoms with van der Waals surface area (Å²) < 4.78 is 58.6. The Morgan fingerprint density at radius 1 is 1.16 bits per heavy atom. The molecular formula is C31H37F4HgN2. The molecule has 1 aromatic rings. The summed E-state index contributed by atoms with van der Waals surface area (Å²) in [6.07, 6.45) is 8.76. The van der Waals surface area contributed by atoms with Crippen molar-refractivity contribution in [1.82, 2.24) is 4.90 Å². The average Bonchev–Trinajstić information content (AvgIpc) is 2.88. The molecule has 0 aromatic heterocycles. The minimum atomic E-state index is -2.66. The van der Waals surface area contributed by atoms with Gasteiger partial charge in [0.25, 0.3) is 0 Å². The topological polar surface area (TPSA) is 15.6 Å². The number of hydrogen-bond acceptors (Lipinski definition) is 2. The first-order valence-electron chi connectivity index (χ1n) is 13.7. The second-order valence-corrected chi connectivity index (χ2v) is 14.0. The number of rotatable bonds is 9. The Morgan fingerprint density at radius 3 is 2.37 bits per heavy atom. The van der Waals surface area contributed by atoms with Gasteiger partial charge in [0, 0.05) is 0 Å². The molecule has 2 aliphatic carbocycles. The van der Waals surface area contributed by atoms with E-state index in [1.54, 1.807) is 32.1 Å². The molecule has 4 unspecified atom stereocenters. The van der Waals surface area contributed by atoms with Gasteiger partial charge in [-0.15, -0.1) is 0 Å². The van der Waals surface area contributed by atoms with Crippen molar-refractivity contribution >= 4 is 3.34 Å². The third-order valence-corrected chi connectivity index (χ3v) is 10.7. The average molecular weight is 714 g/mol. The van der Waals surface area contributed by atoms with E-state index < -0.39 is 17.3 Å². The third-order valence-electron chi connectivity index (χ3n) is 8.80. The van der Waals surface area contributed by atoms with Crippen LogP contribution in [0, 0.1) is 29.0 Å². The van der Waals surface area contributed by atoms with Gasteiger partial charge in [0.1, 0.15) is 0 Å². The van der Waals surface area contributed by atoms with Gasteiger partial charge >= 0.3 is 242 Å². The first-order chi connectivity index (χ1) is 17.9. The van der Waals surface area contributed by atoms with Crippen molar-refractivity contribution in [2.24, 2.45) is 28.2 Å². The molecule has 4 rings (SSSR count). The zero-order chi connectivity index (χ0) is 27.8. The van der Waals surface area contributed by atoms with Crippen molar-refractivity contribution in [3.8, 4) is 0 Å². The molecule has 0 spiro atoms. The van der Waals surface area contributed by atoms with Crippen molar-refractivity contribution < 1.29 is 43.7 Å². The Hall–Kier alpha value is -1.69. The van der Waals surface area contributed by atoms with E-state index in [1.165, 1.54) is 18.2 Å². The van der Waals surface area contributed by atoms with Crippen LogP contribution in [0.4, 0.5) is 17.6 Å². The van der Waals surface area contributed by atoms with Crippen LogP contribution in [0.15, 0.2) is 76.9 Å². The van der Waals surface area contributed by atoms with Crippen LogP contribution in [0.1, 0.15) is 77.8 Å². The number of aliphatic imine (C=N–C) groups is 1. The molecule has 0 N–H and O–H groups in total. The van der Waals surface area contributed by atoms with Crippen molar-refractivity contribution in [1.29, 1.82) is 0 Å². The Labute approximate surface area is 240 Å². The molecule has 7 heteroatoms. The number of nitrogens with zero attached hydrogens (tertiary/aromatic N) is 2. The van der Waals surface area contributed by atoms with E-state index in [-0.39, 0.29) is 55.6 Å². The molecule has 201 valence electrons. The third kappa shape index (κ3) is 5.48. The molecule has 4 atom stereocenters. The number of hydrogen-bond donors (Lipinski definition) is 0. The van der Waals surface area contributed by atoms with Gasteiger partial charge in [0.15, 0.2) is 0 Å². The second kappa shape index (κ2) is 11.4. The van der Waals surface area contributed by atoms with Crippen LogP contribution in [0.25, 0.3) is 0 Å². The van der Waals surface area contributed by atoms with Crippen LogP contribution < -0.4 is 0 Å². The summed E-state index contributed by atoms with van der Waals surface area (Å²) in [6, 6.07) is 6.25. The van der Waals surface area contributed by atoms with Crippen molar-refractivity contribution in [2.45, 2.75) is 78.2 Å². The van der Waals surface area contributed by atoms with Gasteiger partial charge in [0.05, 0.1) is 0 Å². The van der Waals surface area contributed by atoms with Crippen molar-refractivity contribution in [3.05, 3.63) is 83.2 Å². The van der Waals surface area contributed by atoms with E-state index in [0.717, 1.165) is 32.3 Å². The quantitative estimate of drug-likeness (QED) is 0.184. The molecule has 0 amide bonds.